The molecule has 0 saturated carbocycles. The first-order valence-electron chi connectivity index (χ1n) is 4.99. The maximum absolute atomic E-state index is 12.7. The third-order valence-electron chi connectivity index (χ3n) is 2.47. The molecule has 0 aliphatic carbocycles. The Morgan fingerprint density at radius 3 is 2.26 bits per heavy atom. The van der Waals surface area contributed by atoms with Gasteiger partial charge in [-0.2, -0.15) is 13.2 Å². The molecule has 1 rings (SSSR count). The Labute approximate surface area is 105 Å². The number of carboxylic acid groups (broad SMARTS) is 1. The van der Waals surface area contributed by atoms with Crippen LogP contribution in [0.15, 0.2) is 24.3 Å². The number of alkyl halides is 3. The SMILES string of the molecule is CC(NC(=O)c1cccc(O)c1)(C(=O)O)C(F)(F)F. The summed E-state index contributed by atoms with van der Waals surface area (Å²) in [6.07, 6.45) is -5.16. The first-order valence-corrected chi connectivity index (χ1v) is 4.99. The fourth-order valence-electron chi connectivity index (χ4n) is 1.19. The van der Waals surface area contributed by atoms with Gasteiger partial charge in [0.2, 0.25) is 5.54 Å². The van der Waals surface area contributed by atoms with Crippen molar-refractivity contribution in [1.29, 1.82) is 0 Å². The second-order valence-electron chi connectivity index (χ2n) is 3.93. The molecular formula is C11H10F3NO4. The summed E-state index contributed by atoms with van der Waals surface area (Å²) in [5, 5.41) is 19.1. The van der Waals surface area contributed by atoms with Crippen molar-refractivity contribution in [3.63, 3.8) is 0 Å². The molecule has 0 aliphatic rings. The molecule has 1 atom stereocenters. The van der Waals surface area contributed by atoms with Gasteiger partial charge >= 0.3 is 12.1 Å². The summed E-state index contributed by atoms with van der Waals surface area (Å²) in [5.41, 5.74) is -3.69. The number of hydrogen-bond donors (Lipinski definition) is 3. The van der Waals surface area contributed by atoms with E-state index in [-0.39, 0.29) is 11.3 Å². The van der Waals surface area contributed by atoms with Crippen LogP contribution in [-0.4, -0.2) is 33.8 Å². The van der Waals surface area contributed by atoms with Crippen molar-refractivity contribution in [3.8, 4) is 5.75 Å². The van der Waals surface area contributed by atoms with Gasteiger partial charge in [-0.25, -0.2) is 4.79 Å². The summed E-state index contributed by atoms with van der Waals surface area (Å²) < 4.78 is 38.0. The second kappa shape index (κ2) is 4.79. The van der Waals surface area contributed by atoms with Crippen LogP contribution in [0.25, 0.3) is 0 Å². The minimum absolute atomic E-state index is 0.281. The molecule has 19 heavy (non-hydrogen) atoms. The van der Waals surface area contributed by atoms with Gasteiger partial charge in [0.15, 0.2) is 0 Å². The standard InChI is InChI=1S/C11H10F3NO4/c1-10(9(18)19,11(12,13)14)15-8(17)6-3-2-4-7(16)5-6/h2-5,16H,1H3,(H,15,17)(H,18,19). The highest BCUT2D eigenvalue weighted by Gasteiger charge is 2.58. The van der Waals surface area contributed by atoms with Crippen LogP contribution in [0.5, 0.6) is 5.75 Å². The highest BCUT2D eigenvalue weighted by molar-refractivity contribution is 5.98. The number of aromatic hydroxyl groups is 1. The second-order valence-corrected chi connectivity index (χ2v) is 3.93. The Morgan fingerprint density at radius 2 is 1.84 bits per heavy atom. The minimum atomic E-state index is -5.16. The summed E-state index contributed by atoms with van der Waals surface area (Å²) in [7, 11) is 0. The molecule has 1 aromatic rings. The van der Waals surface area contributed by atoms with Crippen molar-refractivity contribution in [3.05, 3.63) is 29.8 Å². The molecule has 1 amide bonds. The van der Waals surface area contributed by atoms with Crippen LogP contribution < -0.4 is 5.32 Å². The molecule has 0 heterocycles. The van der Waals surface area contributed by atoms with Crippen molar-refractivity contribution >= 4 is 11.9 Å². The zero-order valence-electron chi connectivity index (χ0n) is 9.65. The molecule has 5 nitrogen and oxygen atoms in total. The van der Waals surface area contributed by atoms with E-state index in [1.807, 2.05) is 0 Å². The number of carboxylic acids is 1. The maximum atomic E-state index is 12.7. The Balaban J connectivity index is 3.06. The van der Waals surface area contributed by atoms with E-state index < -0.39 is 23.6 Å². The molecule has 0 aliphatic heterocycles. The number of carbonyl (C=O) groups excluding carboxylic acids is 1. The third-order valence-corrected chi connectivity index (χ3v) is 2.47. The number of halogens is 3. The Kier molecular flexibility index (Phi) is 3.73. The number of benzene rings is 1. The van der Waals surface area contributed by atoms with Gasteiger partial charge in [0, 0.05) is 5.56 Å². The summed E-state index contributed by atoms with van der Waals surface area (Å²) >= 11 is 0. The number of carbonyl (C=O) groups is 2. The normalized spacial score (nSPS) is 14.5. The molecule has 0 spiro atoms. The lowest BCUT2D eigenvalue weighted by Crippen LogP contribution is -2.61. The van der Waals surface area contributed by atoms with Crippen LogP contribution in [0.3, 0.4) is 0 Å². The van der Waals surface area contributed by atoms with Crippen LogP contribution in [0, 0.1) is 0 Å². The summed E-state index contributed by atoms with van der Waals surface area (Å²) in [4.78, 5) is 22.3. The van der Waals surface area contributed by atoms with E-state index in [0.717, 1.165) is 12.1 Å². The van der Waals surface area contributed by atoms with Gasteiger partial charge in [-0.05, 0) is 25.1 Å². The monoisotopic (exact) mass is 277 g/mol. The van der Waals surface area contributed by atoms with Crippen molar-refractivity contribution in [2.75, 3.05) is 0 Å². The van der Waals surface area contributed by atoms with Gasteiger partial charge in [-0.3, -0.25) is 4.79 Å². The predicted octanol–water partition coefficient (Wildman–Crippen LogP) is 1.53. The minimum Gasteiger partial charge on any atom is -0.508 e. The van der Waals surface area contributed by atoms with Crippen molar-refractivity contribution in [1.82, 2.24) is 5.32 Å². The summed E-state index contributed by atoms with van der Waals surface area (Å²) in [6.45, 7) is 0.343. The Hall–Kier alpha value is -2.25. The number of hydrogen-bond acceptors (Lipinski definition) is 3. The van der Waals surface area contributed by atoms with E-state index in [1.54, 1.807) is 0 Å². The molecule has 104 valence electrons. The predicted molar refractivity (Wildman–Crippen MR) is 57.7 cm³/mol. The largest absolute Gasteiger partial charge is 0.508 e. The molecule has 0 saturated heterocycles. The van der Waals surface area contributed by atoms with Gasteiger partial charge < -0.3 is 15.5 Å². The van der Waals surface area contributed by atoms with Crippen LogP contribution in [-0.2, 0) is 4.79 Å². The fraction of sp³-hybridized carbons (Fsp3) is 0.273. The zero-order valence-corrected chi connectivity index (χ0v) is 9.65. The summed E-state index contributed by atoms with van der Waals surface area (Å²) in [5.74, 6) is -3.80. The number of nitrogens with one attached hydrogen (secondary N) is 1. The smallest absolute Gasteiger partial charge is 0.422 e. The fourth-order valence-corrected chi connectivity index (χ4v) is 1.19. The van der Waals surface area contributed by atoms with Gasteiger partial charge in [-0.1, -0.05) is 6.07 Å². The molecule has 1 unspecified atom stereocenters. The highest BCUT2D eigenvalue weighted by atomic mass is 19.4. The number of aliphatic carboxylic acids is 1. The highest BCUT2D eigenvalue weighted by Crippen LogP contribution is 2.30. The van der Waals surface area contributed by atoms with Crippen LogP contribution in [0.1, 0.15) is 17.3 Å². The van der Waals surface area contributed by atoms with Crippen molar-refractivity contribution < 1.29 is 33.0 Å². The Morgan fingerprint density at radius 1 is 1.26 bits per heavy atom. The molecule has 3 N–H and O–H groups in total. The van der Waals surface area contributed by atoms with E-state index in [9.17, 15) is 22.8 Å². The zero-order chi connectivity index (χ0) is 14.8. The number of phenolic OH excluding ortho intramolecular Hbond substituents is 1. The molecule has 0 fully saturated rings. The average molecular weight is 277 g/mol. The third kappa shape index (κ3) is 2.95. The topological polar surface area (TPSA) is 86.6 Å². The lowest BCUT2D eigenvalue weighted by atomic mass is 10.0. The van der Waals surface area contributed by atoms with E-state index in [1.165, 1.54) is 17.4 Å². The van der Waals surface area contributed by atoms with Crippen LogP contribution >= 0.6 is 0 Å². The molecule has 1 aromatic carbocycles. The number of phenols is 1. The number of rotatable bonds is 3. The summed E-state index contributed by atoms with van der Waals surface area (Å²) in [6, 6.07) is 4.54. The maximum Gasteiger partial charge on any atom is 0.422 e. The molecule has 0 radical (unpaired) electrons. The van der Waals surface area contributed by atoms with Gasteiger partial charge in [0.05, 0.1) is 0 Å². The lowest BCUT2D eigenvalue weighted by Gasteiger charge is -2.28. The molecule has 0 aromatic heterocycles. The van der Waals surface area contributed by atoms with Gasteiger partial charge in [0.25, 0.3) is 5.91 Å². The molecule has 0 bridgehead atoms. The average Bonchev–Trinajstić information content (AvgIpc) is 2.27. The van der Waals surface area contributed by atoms with Crippen molar-refractivity contribution in [2.45, 2.75) is 18.6 Å². The van der Waals surface area contributed by atoms with E-state index in [4.69, 9.17) is 10.2 Å². The van der Waals surface area contributed by atoms with Gasteiger partial charge in [-0.15, -0.1) is 0 Å². The van der Waals surface area contributed by atoms with E-state index >= 15 is 0 Å². The number of amides is 1. The molecule has 8 heteroatoms. The van der Waals surface area contributed by atoms with Crippen LogP contribution in [0.4, 0.5) is 13.2 Å². The van der Waals surface area contributed by atoms with E-state index in [2.05, 4.69) is 0 Å². The first kappa shape index (κ1) is 14.8. The quantitative estimate of drug-likeness (QED) is 0.782. The van der Waals surface area contributed by atoms with E-state index in [0.29, 0.717) is 6.92 Å². The lowest BCUT2D eigenvalue weighted by molar-refractivity contribution is -0.203. The Bertz CT molecular complexity index is 515. The van der Waals surface area contributed by atoms with Gasteiger partial charge in [0.1, 0.15) is 5.75 Å². The van der Waals surface area contributed by atoms with Crippen LogP contribution in [0.2, 0.25) is 0 Å². The molecular weight excluding hydrogens is 267 g/mol. The van der Waals surface area contributed by atoms with Crippen molar-refractivity contribution in [2.24, 2.45) is 0 Å². The first-order chi connectivity index (χ1) is 8.58.